The first-order valence-electron chi connectivity index (χ1n) is 4.62. The Hall–Kier alpha value is -0.860. The van der Waals surface area contributed by atoms with Crippen molar-refractivity contribution in [1.29, 1.82) is 0 Å². The number of hydrogen-bond acceptors (Lipinski definition) is 3. The van der Waals surface area contributed by atoms with Crippen molar-refractivity contribution < 1.29 is 4.42 Å². The van der Waals surface area contributed by atoms with Gasteiger partial charge in [0.25, 0.3) is 0 Å². The first-order chi connectivity index (χ1) is 5.83. The Labute approximate surface area is 75.2 Å². The highest BCUT2D eigenvalue weighted by atomic mass is 16.4. The fraction of sp³-hybridized carbons (Fsp3) is 0.778. The minimum Gasteiger partial charge on any atom is -0.426 e. The molecule has 3 heteroatoms. The van der Waals surface area contributed by atoms with Crippen LogP contribution in [0.5, 0.6) is 0 Å². The van der Waals surface area contributed by atoms with Gasteiger partial charge in [0.15, 0.2) is 0 Å². The lowest BCUT2D eigenvalue weighted by molar-refractivity contribution is 0.473. The lowest BCUT2D eigenvalue weighted by Gasteiger charge is -1.77. The molecule has 0 saturated carbocycles. The zero-order valence-electron chi connectivity index (χ0n) is 9.01. The highest BCUT2D eigenvalue weighted by molar-refractivity contribution is 4.76. The summed E-state index contributed by atoms with van der Waals surface area (Å²) < 4.78 is 5.01. The maximum Gasteiger partial charge on any atom is 0.216 e. The van der Waals surface area contributed by atoms with E-state index in [1.165, 1.54) is 0 Å². The van der Waals surface area contributed by atoms with Crippen LogP contribution >= 0.6 is 0 Å². The highest BCUT2D eigenvalue weighted by Gasteiger charge is 1.94. The number of hydrogen-bond donors (Lipinski definition) is 0. The monoisotopic (exact) mass is 172 g/mol. The van der Waals surface area contributed by atoms with Crippen LogP contribution in [-0.4, -0.2) is 10.2 Å². The standard InChI is InChI=1S/C5H8N2O.2C2H6/c1-3-5-7-6-4(2)8-5;2*1-2/h3H2,1-2H3;2*1-2H3. The molecule has 0 bridgehead atoms. The zero-order valence-corrected chi connectivity index (χ0v) is 9.01. The molecule has 0 aromatic carbocycles. The minimum absolute atomic E-state index is 0.641. The molecular weight excluding hydrogens is 152 g/mol. The summed E-state index contributed by atoms with van der Waals surface area (Å²) in [4.78, 5) is 0. The number of aryl methyl sites for hydroxylation is 2. The van der Waals surface area contributed by atoms with Gasteiger partial charge in [-0.25, -0.2) is 0 Å². The van der Waals surface area contributed by atoms with E-state index >= 15 is 0 Å². The van der Waals surface area contributed by atoms with Gasteiger partial charge >= 0.3 is 0 Å². The fourth-order valence-electron chi connectivity index (χ4n) is 0.480. The second-order valence-electron chi connectivity index (χ2n) is 1.57. The van der Waals surface area contributed by atoms with E-state index in [2.05, 4.69) is 10.2 Å². The fourth-order valence-corrected chi connectivity index (χ4v) is 0.480. The molecular formula is C9H20N2O. The third kappa shape index (κ3) is 5.89. The van der Waals surface area contributed by atoms with Gasteiger partial charge in [-0.1, -0.05) is 34.6 Å². The molecule has 0 amide bonds. The quantitative estimate of drug-likeness (QED) is 0.653. The predicted octanol–water partition coefficient (Wildman–Crippen LogP) is 2.99. The molecule has 1 heterocycles. The molecule has 3 nitrogen and oxygen atoms in total. The van der Waals surface area contributed by atoms with Gasteiger partial charge in [0.2, 0.25) is 11.8 Å². The van der Waals surface area contributed by atoms with E-state index in [0.29, 0.717) is 11.8 Å². The average molecular weight is 172 g/mol. The van der Waals surface area contributed by atoms with Crippen molar-refractivity contribution in [1.82, 2.24) is 10.2 Å². The Kier molecular flexibility index (Phi) is 11.6. The van der Waals surface area contributed by atoms with Crippen LogP contribution in [0.1, 0.15) is 46.4 Å². The van der Waals surface area contributed by atoms with E-state index in [1.807, 2.05) is 34.6 Å². The molecule has 0 fully saturated rings. The summed E-state index contributed by atoms with van der Waals surface area (Å²) in [5, 5.41) is 7.39. The van der Waals surface area contributed by atoms with Crippen molar-refractivity contribution in [3.8, 4) is 0 Å². The molecule has 0 radical (unpaired) electrons. The van der Waals surface area contributed by atoms with E-state index in [-0.39, 0.29) is 0 Å². The SMILES string of the molecule is CC.CC.CCc1nnc(C)o1. The summed E-state index contributed by atoms with van der Waals surface area (Å²) >= 11 is 0. The second kappa shape index (κ2) is 10.1. The largest absolute Gasteiger partial charge is 0.426 e. The predicted molar refractivity (Wildman–Crippen MR) is 51.1 cm³/mol. The summed E-state index contributed by atoms with van der Waals surface area (Å²) in [6.07, 6.45) is 0.820. The smallest absolute Gasteiger partial charge is 0.216 e. The Morgan fingerprint density at radius 2 is 1.58 bits per heavy atom. The Bertz CT molecular complexity index is 173. The minimum atomic E-state index is 0.641. The van der Waals surface area contributed by atoms with Crippen LogP contribution in [0.4, 0.5) is 0 Å². The molecule has 0 N–H and O–H groups in total. The first-order valence-corrected chi connectivity index (χ1v) is 4.62. The van der Waals surface area contributed by atoms with Crippen molar-refractivity contribution in [2.75, 3.05) is 0 Å². The number of rotatable bonds is 1. The molecule has 0 saturated heterocycles. The van der Waals surface area contributed by atoms with Gasteiger partial charge < -0.3 is 4.42 Å². The lowest BCUT2D eigenvalue weighted by Crippen LogP contribution is -1.76. The van der Waals surface area contributed by atoms with Crippen LogP contribution < -0.4 is 0 Å². The normalized spacial score (nSPS) is 7.50. The van der Waals surface area contributed by atoms with Crippen LogP contribution in [0, 0.1) is 6.92 Å². The topological polar surface area (TPSA) is 38.9 Å². The third-order valence-electron chi connectivity index (χ3n) is 0.870. The Morgan fingerprint density at radius 3 is 1.75 bits per heavy atom. The average Bonchev–Trinajstić information content (AvgIpc) is 2.58. The molecule has 12 heavy (non-hydrogen) atoms. The molecule has 0 atom stereocenters. The van der Waals surface area contributed by atoms with E-state index in [0.717, 1.165) is 6.42 Å². The number of nitrogens with zero attached hydrogens (tertiary/aromatic N) is 2. The van der Waals surface area contributed by atoms with Gasteiger partial charge in [0, 0.05) is 13.3 Å². The van der Waals surface area contributed by atoms with Crippen LogP contribution in [0.25, 0.3) is 0 Å². The van der Waals surface area contributed by atoms with Gasteiger partial charge in [-0.2, -0.15) is 0 Å². The molecule has 0 aliphatic heterocycles. The van der Waals surface area contributed by atoms with Crippen molar-refractivity contribution >= 4 is 0 Å². The van der Waals surface area contributed by atoms with Gasteiger partial charge in [0.05, 0.1) is 0 Å². The number of aromatic nitrogens is 2. The maximum atomic E-state index is 5.01. The summed E-state index contributed by atoms with van der Waals surface area (Å²) in [7, 11) is 0. The highest BCUT2D eigenvalue weighted by Crippen LogP contribution is 1.96. The van der Waals surface area contributed by atoms with Crippen LogP contribution in [0.15, 0.2) is 4.42 Å². The zero-order chi connectivity index (χ0) is 9.98. The van der Waals surface area contributed by atoms with Gasteiger partial charge in [0.1, 0.15) is 0 Å². The van der Waals surface area contributed by atoms with Crippen LogP contribution in [0.2, 0.25) is 0 Å². The molecule has 1 rings (SSSR count). The van der Waals surface area contributed by atoms with Crippen LogP contribution in [0.3, 0.4) is 0 Å². The maximum absolute atomic E-state index is 5.01. The second-order valence-corrected chi connectivity index (χ2v) is 1.57. The van der Waals surface area contributed by atoms with Crippen molar-refractivity contribution in [2.45, 2.75) is 48.0 Å². The Balaban J connectivity index is 0. The summed E-state index contributed by atoms with van der Waals surface area (Å²) in [5.41, 5.74) is 0. The molecule has 1 aromatic heterocycles. The summed E-state index contributed by atoms with van der Waals surface area (Å²) in [6, 6.07) is 0. The van der Waals surface area contributed by atoms with E-state index in [9.17, 15) is 0 Å². The van der Waals surface area contributed by atoms with Gasteiger partial charge in [-0.3, -0.25) is 0 Å². The molecule has 0 aliphatic carbocycles. The molecule has 72 valence electrons. The molecule has 0 unspecified atom stereocenters. The van der Waals surface area contributed by atoms with Crippen molar-refractivity contribution in [3.05, 3.63) is 11.8 Å². The van der Waals surface area contributed by atoms with Gasteiger partial charge in [-0.05, 0) is 0 Å². The summed E-state index contributed by atoms with van der Waals surface area (Å²) in [6.45, 7) is 11.8. The van der Waals surface area contributed by atoms with Crippen molar-refractivity contribution in [3.63, 3.8) is 0 Å². The summed E-state index contributed by atoms with van der Waals surface area (Å²) in [5.74, 6) is 1.35. The third-order valence-corrected chi connectivity index (χ3v) is 0.870. The molecule has 1 aromatic rings. The van der Waals surface area contributed by atoms with E-state index in [1.54, 1.807) is 6.92 Å². The first kappa shape index (κ1) is 13.7. The van der Waals surface area contributed by atoms with E-state index < -0.39 is 0 Å². The van der Waals surface area contributed by atoms with Crippen LogP contribution in [-0.2, 0) is 6.42 Å². The van der Waals surface area contributed by atoms with Gasteiger partial charge in [-0.15, -0.1) is 10.2 Å². The molecule has 0 spiro atoms. The Morgan fingerprint density at radius 1 is 1.08 bits per heavy atom. The molecule has 0 aliphatic rings. The lowest BCUT2D eigenvalue weighted by atomic mass is 10.5. The van der Waals surface area contributed by atoms with E-state index in [4.69, 9.17) is 4.42 Å². The van der Waals surface area contributed by atoms with Crippen molar-refractivity contribution in [2.24, 2.45) is 0 Å².